The summed E-state index contributed by atoms with van der Waals surface area (Å²) in [6.07, 6.45) is 0.0698. The van der Waals surface area contributed by atoms with Gasteiger partial charge in [0, 0.05) is 23.9 Å². The van der Waals surface area contributed by atoms with Gasteiger partial charge in [0.25, 0.3) is 11.8 Å². The Labute approximate surface area is 208 Å². The summed E-state index contributed by atoms with van der Waals surface area (Å²) in [7, 11) is -4.99. The number of β-lactam (4-membered cyclic amide) rings is 1. The first-order valence-electron chi connectivity index (χ1n) is 10.5. The van der Waals surface area contributed by atoms with Gasteiger partial charge in [0.2, 0.25) is 11.5 Å². The van der Waals surface area contributed by atoms with Crippen LogP contribution in [-0.4, -0.2) is 87.0 Å². The van der Waals surface area contributed by atoms with E-state index in [0.717, 1.165) is 11.3 Å². The van der Waals surface area contributed by atoms with Crippen molar-refractivity contribution in [3.8, 4) is 0 Å². The summed E-state index contributed by atoms with van der Waals surface area (Å²) in [4.78, 5) is 58.1. The number of rotatable bonds is 10. The van der Waals surface area contributed by atoms with Gasteiger partial charge in [-0.15, -0.1) is 11.3 Å². The lowest BCUT2D eigenvalue weighted by molar-refractivity contribution is -0.161. The van der Waals surface area contributed by atoms with E-state index in [9.17, 15) is 37.3 Å². The van der Waals surface area contributed by atoms with Gasteiger partial charge in [-0.2, -0.15) is 8.42 Å². The maximum atomic E-state index is 13.1. The molecule has 0 spiro atoms. The molecule has 3 heterocycles. The smallest absolute Gasteiger partial charge is 0.362 e. The molecule has 2 saturated heterocycles. The maximum absolute atomic E-state index is 13.1. The Morgan fingerprint density at radius 1 is 1.42 bits per heavy atom. The summed E-state index contributed by atoms with van der Waals surface area (Å²) in [6, 6.07) is -3.09. The van der Waals surface area contributed by atoms with Crippen molar-refractivity contribution in [1.29, 1.82) is 0 Å². The van der Waals surface area contributed by atoms with Crippen molar-refractivity contribution in [2.75, 3.05) is 12.3 Å². The van der Waals surface area contributed by atoms with Crippen molar-refractivity contribution in [2.24, 2.45) is 16.8 Å². The first kappa shape index (κ1) is 27.2. The number of hydrogen-bond donors (Lipinski definition) is 6. The minimum Gasteiger partial charge on any atom is -0.478 e. The number of carboxylic acids is 1. The fraction of sp³-hybridized carbons (Fsp3) is 0.556. The number of aromatic nitrogens is 1. The molecule has 1 unspecified atom stereocenters. The highest BCUT2D eigenvalue weighted by molar-refractivity contribution is 7.84. The first-order valence-corrected chi connectivity index (χ1v) is 12.8. The number of amides is 3. The van der Waals surface area contributed by atoms with Crippen molar-refractivity contribution in [3.63, 3.8) is 0 Å². The van der Waals surface area contributed by atoms with Crippen LogP contribution in [0.25, 0.3) is 0 Å². The van der Waals surface area contributed by atoms with Crippen LogP contribution in [0.2, 0.25) is 0 Å². The number of carbonyl (C=O) groups is 4. The van der Waals surface area contributed by atoms with Crippen LogP contribution in [0.3, 0.4) is 0 Å². The topological polar surface area (TPSA) is 257 Å². The summed E-state index contributed by atoms with van der Waals surface area (Å²) in [6.45, 7) is 2.51. The van der Waals surface area contributed by atoms with E-state index in [1.807, 2.05) is 0 Å². The van der Waals surface area contributed by atoms with E-state index in [0.29, 0.717) is 0 Å². The van der Waals surface area contributed by atoms with E-state index >= 15 is 0 Å². The third-order valence-corrected chi connectivity index (χ3v) is 7.28. The average molecular weight is 548 g/mol. The highest BCUT2D eigenvalue weighted by atomic mass is 32.2. The standard InChI is InChI=1S/C18H25N7O9S2/c1-18(2,16(29)30)34-24-11(9-6-35-17(20)22-9)14(27)23-12-10(25(15(12)28)36(31,32)33)4-7-3-8(5-19)21-13(7)26/h6-8,10,12H,3-5,19H2,1-2H3,(H2,20,22)(H,21,26)(H,23,27)(H,29,30)(H,31,32,33)/b24-11-/t7-,8?,10-,12+/m1/s1. The summed E-state index contributed by atoms with van der Waals surface area (Å²) in [5.41, 5.74) is 8.72. The molecule has 0 aromatic carbocycles. The zero-order valence-electron chi connectivity index (χ0n) is 19.1. The minimum atomic E-state index is -4.99. The first-order chi connectivity index (χ1) is 16.7. The van der Waals surface area contributed by atoms with Gasteiger partial charge in [-0.25, -0.2) is 14.1 Å². The van der Waals surface area contributed by atoms with Gasteiger partial charge in [0.15, 0.2) is 10.8 Å². The van der Waals surface area contributed by atoms with E-state index in [2.05, 4.69) is 20.8 Å². The van der Waals surface area contributed by atoms with E-state index in [-0.39, 0.29) is 40.6 Å². The molecule has 0 aliphatic carbocycles. The lowest BCUT2D eigenvalue weighted by Crippen LogP contribution is -2.72. The molecule has 2 fully saturated rings. The number of thiazole rings is 1. The molecule has 18 heteroatoms. The summed E-state index contributed by atoms with van der Waals surface area (Å²) in [5.74, 6) is -4.72. The normalized spacial score (nSPS) is 24.8. The number of hydrogen-bond acceptors (Lipinski definition) is 12. The largest absolute Gasteiger partial charge is 0.478 e. The van der Waals surface area contributed by atoms with Gasteiger partial charge in [-0.3, -0.25) is 18.9 Å². The van der Waals surface area contributed by atoms with Gasteiger partial charge >= 0.3 is 16.3 Å². The highest BCUT2D eigenvalue weighted by Crippen LogP contribution is 2.32. The number of nitrogen functional groups attached to an aromatic ring is 1. The molecule has 8 N–H and O–H groups in total. The third kappa shape index (κ3) is 5.55. The number of aliphatic carboxylic acids is 1. The van der Waals surface area contributed by atoms with Crippen molar-refractivity contribution in [1.82, 2.24) is 19.9 Å². The number of nitrogens with one attached hydrogen (secondary N) is 2. The van der Waals surface area contributed by atoms with E-state index < -0.39 is 63.3 Å². The predicted molar refractivity (Wildman–Crippen MR) is 124 cm³/mol. The third-order valence-electron chi connectivity index (χ3n) is 5.66. The van der Waals surface area contributed by atoms with Gasteiger partial charge in [0.1, 0.15) is 11.7 Å². The summed E-state index contributed by atoms with van der Waals surface area (Å²) in [5, 5.41) is 19.2. The Morgan fingerprint density at radius 2 is 2.08 bits per heavy atom. The molecular weight excluding hydrogens is 522 g/mol. The van der Waals surface area contributed by atoms with E-state index in [4.69, 9.17) is 16.3 Å². The monoisotopic (exact) mass is 547 g/mol. The SMILES string of the molecule is CC(C)(O/N=C(\C(=O)N[C@@H]1C(=O)N(S(=O)(=O)O)[C@@H]1C[C@H]1CC(CN)NC1=O)c1csc(N)n1)C(=O)O. The fourth-order valence-electron chi connectivity index (χ4n) is 3.68. The fourth-order valence-corrected chi connectivity index (χ4v) is 5.12. The molecule has 0 saturated carbocycles. The van der Waals surface area contributed by atoms with E-state index in [1.165, 1.54) is 19.2 Å². The Hall–Kier alpha value is -3.35. The zero-order valence-corrected chi connectivity index (χ0v) is 20.7. The molecular formula is C18H25N7O9S2. The summed E-state index contributed by atoms with van der Waals surface area (Å²) < 4.78 is 33.3. The molecule has 36 heavy (non-hydrogen) atoms. The summed E-state index contributed by atoms with van der Waals surface area (Å²) >= 11 is 0.949. The molecule has 3 amide bonds. The molecule has 3 rings (SSSR count). The Morgan fingerprint density at radius 3 is 2.58 bits per heavy atom. The Kier molecular flexibility index (Phi) is 7.53. The molecule has 198 valence electrons. The Bertz CT molecular complexity index is 1210. The van der Waals surface area contributed by atoms with Crippen molar-refractivity contribution in [3.05, 3.63) is 11.1 Å². The van der Waals surface area contributed by atoms with Gasteiger partial charge in [0.05, 0.1) is 6.04 Å². The molecule has 1 aromatic rings. The predicted octanol–water partition coefficient (Wildman–Crippen LogP) is -2.34. The van der Waals surface area contributed by atoms with Gasteiger partial charge in [-0.1, -0.05) is 5.16 Å². The van der Waals surface area contributed by atoms with Crippen LogP contribution in [0.5, 0.6) is 0 Å². The molecule has 1 aromatic heterocycles. The highest BCUT2D eigenvalue weighted by Gasteiger charge is 2.55. The minimum absolute atomic E-state index is 0.0554. The van der Waals surface area contributed by atoms with Crippen molar-refractivity contribution in [2.45, 2.75) is 50.4 Å². The Balaban J connectivity index is 1.86. The quantitative estimate of drug-likeness (QED) is 0.0779. The number of oxime groups is 1. The van der Waals surface area contributed by atoms with Gasteiger partial charge in [-0.05, 0) is 26.7 Å². The number of anilines is 1. The van der Waals surface area contributed by atoms with Crippen molar-refractivity contribution < 1.29 is 42.1 Å². The van der Waals surface area contributed by atoms with Crippen LogP contribution in [0.1, 0.15) is 32.4 Å². The number of nitrogens with zero attached hydrogens (tertiary/aromatic N) is 3. The van der Waals surface area contributed by atoms with Crippen LogP contribution in [0.4, 0.5) is 5.13 Å². The molecule has 0 bridgehead atoms. The second kappa shape index (κ2) is 9.96. The number of carbonyl (C=O) groups excluding carboxylic acids is 3. The maximum Gasteiger partial charge on any atom is 0.362 e. The molecule has 0 radical (unpaired) electrons. The van der Waals surface area contributed by atoms with Crippen LogP contribution in [0.15, 0.2) is 10.5 Å². The van der Waals surface area contributed by atoms with Crippen molar-refractivity contribution >= 4 is 56.2 Å². The molecule has 2 aliphatic heterocycles. The molecule has 16 nitrogen and oxygen atoms in total. The number of nitrogens with two attached hydrogens (primary N) is 2. The second-order valence-electron chi connectivity index (χ2n) is 8.66. The van der Waals surface area contributed by atoms with Crippen LogP contribution in [-0.2, 0) is 34.3 Å². The van der Waals surface area contributed by atoms with Crippen LogP contribution < -0.4 is 22.1 Å². The number of carboxylic acid groups (broad SMARTS) is 1. The van der Waals surface area contributed by atoms with Crippen LogP contribution >= 0.6 is 11.3 Å². The molecule has 4 atom stereocenters. The van der Waals surface area contributed by atoms with Crippen LogP contribution in [0, 0.1) is 5.92 Å². The van der Waals surface area contributed by atoms with E-state index in [1.54, 1.807) is 0 Å². The zero-order chi connectivity index (χ0) is 27.0. The second-order valence-corrected chi connectivity index (χ2v) is 10.8. The van der Waals surface area contributed by atoms with Gasteiger partial charge < -0.3 is 32.0 Å². The average Bonchev–Trinajstić information content (AvgIpc) is 3.35. The molecule has 2 aliphatic rings. The lowest BCUT2D eigenvalue weighted by Gasteiger charge is -2.45. The lowest BCUT2D eigenvalue weighted by atomic mass is 9.87.